The molecule has 5 rings (SSSR count). The van der Waals surface area contributed by atoms with Crippen LogP contribution in [0, 0.1) is 31.1 Å². The highest BCUT2D eigenvalue weighted by Gasteiger charge is 2.36. The van der Waals surface area contributed by atoms with Crippen LogP contribution in [0.3, 0.4) is 0 Å². The fourth-order valence-corrected chi connectivity index (χ4v) is 5.68. The van der Waals surface area contributed by atoms with Crippen LogP contribution in [-0.4, -0.2) is 24.7 Å². The molecule has 1 aromatic carbocycles. The molecule has 0 radical (unpaired) electrons. The zero-order valence-electron chi connectivity index (χ0n) is 22.1. The van der Waals surface area contributed by atoms with Gasteiger partial charge < -0.3 is 4.57 Å². The van der Waals surface area contributed by atoms with Gasteiger partial charge in [-0.3, -0.25) is 14.2 Å². The fraction of sp³-hybridized carbons (Fsp3) is 0.387. The third-order valence-corrected chi connectivity index (χ3v) is 7.81. The number of imidazole rings is 1. The van der Waals surface area contributed by atoms with Gasteiger partial charge in [0.15, 0.2) is 11.4 Å². The molecule has 0 spiro atoms. The molecule has 1 fully saturated rings. The summed E-state index contributed by atoms with van der Waals surface area (Å²) in [4.78, 5) is 21.9. The van der Waals surface area contributed by atoms with Crippen molar-refractivity contribution in [3.8, 4) is 23.6 Å². The van der Waals surface area contributed by atoms with E-state index in [4.69, 9.17) is 6.42 Å². The molecule has 5 nitrogen and oxygen atoms in total. The Bertz CT molecular complexity index is 1550. The number of fused-ring (bicyclic) bond motifs is 1. The molecule has 3 heterocycles. The van der Waals surface area contributed by atoms with Crippen LogP contribution in [0.1, 0.15) is 71.8 Å². The van der Waals surface area contributed by atoms with Gasteiger partial charge in [-0.05, 0) is 42.7 Å². The summed E-state index contributed by atoms with van der Waals surface area (Å²) < 4.78 is 44.4. The van der Waals surface area contributed by atoms with Gasteiger partial charge in [0.2, 0.25) is 0 Å². The van der Waals surface area contributed by atoms with E-state index in [9.17, 15) is 18.0 Å². The molecule has 0 aliphatic heterocycles. The van der Waals surface area contributed by atoms with Gasteiger partial charge in [0.25, 0.3) is 0 Å². The van der Waals surface area contributed by atoms with Crippen molar-refractivity contribution in [1.29, 1.82) is 0 Å². The number of halogens is 3. The first-order chi connectivity index (χ1) is 18.6. The second-order valence-electron chi connectivity index (χ2n) is 10.7. The highest BCUT2D eigenvalue weighted by molar-refractivity contribution is 5.97. The molecule has 0 atom stereocenters. The van der Waals surface area contributed by atoms with Gasteiger partial charge in [-0.2, -0.15) is 13.2 Å². The molecule has 1 aliphatic rings. The maximum absolute atomic E-state index is 13.8. The van der Waals surface area contributed by atoms with Crippen LogP contribution in [0.25, 0.3) is 16.9 Å². The third-order valence-electron chi connectivity index (χ3n) is 7.81. The first-order valence-corrected chi connectivity index (χ1v) is 13.3. The number of aromatic nitrogens is 4. The second-order valence-corrected chi connectivity index (χ2v) is 10.7. The molecule has 8 heteroatoms. The Morgan fingerprint density at radius 3 is 2.62 bits per heavy atom. The lowest BCUT2D eigenvalue weighted by Gasteiger charge is -2.25. The van der Waals surface area contributed by atoms with Crippen molar-refractivity contribution in [2.24, 2.45) is 11.8 Å². The van der Waals surface area contributed by atoms with Crippen LogP contribution >= 0.6 is 0 Å². The Balaban J connectivity index is 1.39. The fourth-order valence-electron chi connectivity index (χ4n) is 5.68. The van der Waals surface area contributed by atoms with Crippen molar-refractivity contribution in [3.05, 3.63) is 77.1 Å². The molecule has 202 valence electrons. The van der Waals surface area contributed by atoms with Gasteiger partial charge in [-0.25, -0.2) is 4.98 Å². The molecule has 0 amide bonds. The van der Waals surface area contributed by atoms with Gasteiger partial charge >= 0.3 is 6.18 Å². The summed E-state index contributed by atoms with van der Waals surface area (Å²) in [6.07, 6.45) is 13.5. The topological polar surface area (TPSA) is 52.2 Å². The average molecular weight is 533 g/mol. The molecule has 0 bridgehead atoms. The first-order valence-electron chi connectivity index (χ1n) is 13.3. The number of hydrogen-bond acceptors (Lipinski definition) is 3. The predicted octanol–water partition coefficient (Wildman–Crippen LogP) is 7.15. The van der Waals surface area contributed by atoms with Crippen LogP contribution in [-0.2, 0) is 19.1 Å². The minimum absolute atomic E-state index is 0.00790. The van der Waals surface area contributed by atoms with Crippen molar-refractivity contribution in [2.75, 3.05) is 0 Å². The summed E-state index contributed by atoms with van der Waals surface area (Å²) in [5.74, 6) is 3.78. The summed E-state index contributed by atoms with van der Waals surface area (Å²) in [7, 11) is 0. The molecule has 0 unspecified atom stereocenters. The number of nitrogens with zero attached hydrogens (tertiary/aromatic N) is 4. The SMILES string of the molecule is C#CCn1cc(-c2cnc3c(Cc4ccc(C(=O)C[C@H]5CC[C@H](C)CC5)c(C)c4)nccn23)c(C(F)(F)F)c1. The number of carbonyl (C=O) groups excluding carboxylic acids is 1. The normalized spacial score (nSPS) is 17.8. The standard InChI is InChI=1S/C31H31F3N4O/c1-4-12-37-18-25(26(19-37)31(32,33)34)28-17-36-30-27(35-11-13-38(28)30)15-23-9-10-24(21(3)14-23)29(39)16-22-7-5-20(2)6-8-22/h1,9-11,13-14,17-20,22H,5-8,12,15-16H2,2-3H3/t20-,22-. The minimum Gasteiger partial charge on any atom is -0.341 e. The zero-order valence-corrected chi connectivity index (χ0v) is 22.1. The number of aryl methyl sites for hydroxylation is 1. The van der Waals surface area contributed by atoms with E-state index in [0.29, 0.717) is 35.8 Å². The quantitative estimate of drug-likeness (QED) is 0.188. The Hall–Kier alpha value is -3.86. The van der Waals surface area contributed by atoms with Crippen LogP contribution in [0.2, 0.25) is 0 Å². The van der Waals surface area contributed by atoms with Gasteiger partial charge in [-0.1, -0.05) is 43.9 Å². The minimum atomic E-state index is -4.54. The van der Waals surface area contributed by atoms with E-state index in [2.05, 4.69) is 22.8 Å². The van der Waals surface area contributed by atoms with E-state index in [1.807, 2.05) is 25.1 Å². The summed E-state index contributed by atoms with van der Waals surface area (Å²) in [6.45, 7) is 4.25. The molecule has 3 aromatic heterocycles. The molecule has 4 aromatic rings. The summed E-state index contributed by atoms with van der Waals surface area (Å²) >= 11 is 0. The molecule has 1 saturated carbocycles. The van der Waals surface area contributed by atoms with E-state index >= 15 is 0 Å². The Morgan fingerprint density at radius 2 is 1.92 bits per heavy atom. The third kappa shape index (κ3) is 5.63. The second kappa shape index (κ2) is 10.7. The van der Waals surface area contributed by atoms with Crippen LogP contribution < -0.4 is 0 Å². The van der Waals surface area contributed by atoms with E-state index < -0.39 is 11.7 Å². The van der Waals surface area contributed by atoms with Crippen molar-refractivity contribution in [2.45, 2.75) is 65.1 Å². The highest BCUT2D eigenvalue weighted by atomic mass is 19.4. The average Bonchev–Trinajstić information content (AvgIpc) is 3.50. The van der Waals surface area contributed by atoms with Gasteiger partial charge in [-0.15, -0.1) is 6.42 Å². The molecular weight excluding hydrogens is 501 g/mol. The summed E-state index contributed by atoms with van der Waals surface area (Å²) in [5, 5.41) is 0. The smallest absolute Gasteiger partial charge is 0.341 e. The van der Waals surface area contributed by atoms with Crippen molar-refractivity contribution < 1.29 is 18.0 Å². The van der Waals surface area contributed by atoms with Crippen molar-refractivity contribution in [3.63, 3.8) is 0 Å². The van der Waals surface area contributed by atoms with Crippen LogP contribution in [0.5, 0.6) is 0 Å². The Morgan fingerprint density at radius 1 is 1.15 bits per heavy atom. The summed E-state index contributed by atoms with van der Waals surface area (Å²) in [5.41, 5.74) is 3.29. The predicted molar refractivity (Wildman–Crippen MR) is 144 cm³/mol. The molecule has 1 aliphatic carbocycles. The number of alkyl halides is 3. The molecule has 0 N–H and O–H groups in total. The van der Waals surface area contributed by atoms with Crippen LogP contribution in [0.4, 0.5) is 13.2 Å². The highest BCUT2D eigenvalue weighted by Crippen LogP contribution is 2.38. The summed E-state index contributed by atoms with van der Waals surface area (Å²) in [6, 6.07) is 5.81. The van der Waals surface area contributed by atoms with Crippen molar-refractivity contribution >= 4 is 11.4 Å². The number of ketones is 1. The van der Waals surface area contributed by atoms with Crippen molar-refractivity contribution in [1.82, 2.24) is 18.9 Å². The van der Waals surface area contributed by atoms with Gasteiger partial charge in [0, 0.05) is 48.8 Å². The maximum Gasteiger partial charge on any atom is 0.418 e. The lowest BCUT2D eigenvalue weighted by Crippen LogP contribution is -2.16. The van der Waals surface area contributed by atoms with E-state index in [1.165, 1.54) is 29.8 Å². The maximum atomic E-state index is 13.8. The molecular formula is C31H31F3N4O. The number of rotatable bonds is 7. The number of terminal acetylenes is 1. The van der Waals surface area contributed by atoms with E-state index in [1.54, 1.807) is 16.8 Å². The number of Topliss-reactive ketones (excluding diaryl/α,β-unsaturated/α-hetero) is 1. The zero-order chi connectivity index (χ0) is 27.7. The van der Waals surface area contributed by atoms with Gasteiger partial charge in [0.05, 0.1) is 29.7 Å². The molecule has 39 heavy (non-hydrogen) atoms. The van der Waals surface area contributed by atoms with E-state index in [-0.39, 0.29) is 17.9 Å². The van der Waals surface area contributed by atoms with Gasteiger partial charge in [0.1, 0.15) is 0 Å². The first kappa shape index (κ1) is 26.7. The lowest BCUT2D eigenvalue weighted by atomic mass is 9.80. The van der Waals surface area contributed by atoms with Crippen LogP contribution in [0.15, 0.2) is 49.2 Å². The largest absolute Gasteiger partial charge is 0.418 e. The number of benzene rings is 1. The molecule has 0 saturated heterocycles. The number of carbonyl (C=O) groups is 1. The van der Waals surface area contributed by atoms with E-state index in [0.717, 1.165) is 41.6 Å². The monoisotopic (exact) mass is 532 g/mol. The lowest BCUT2D eigenvalue weighted by molar-refractivity contribution is -0.137. The number of hydrogen-bond donors (Lipinski definition) is 0. The Labute approximate surface area is 226 Å². The Kier molecular flexibility index (Phi) is 7.35.